The zero-order valence-electron chi connectivity index (χ0n) is 19.2. The number of benzene rings is 3. The molecular weight excluding hydrogens is 459 g/mol. The number of amides is 2. The van der Waals surface area contributed by atoms with Gasteiger partial charge < -0.3 is 19.1 Å². The molecule has 0 fully saturated rings. The van der Waals surface area contributed by atoms with Gasteiger partial charge in [-0.1, -0.05) is 38.1 Å². The van der Waals surface area contributed by atoms with Crippen LogP contribution in [-0.2, 0) is 16.7 Å². The zero-order chi connectivity index (χ0) is 24.7. The van der Waals surface area contributed by atoms with Gasteiger partial charge in [-0.2, -0.15) is 8.42 Å². The van der Waals surface area contributed by atoms with Crippen LogP contribution in [0.3, 0.4) is 0 Å². The van der Waals surface area contributed by atoms with E-state index in [2.05, 4.69) is 5.32 Å². The van der Waals surface area contributed by atoms with Crippen molar-refractivity contribution in [1.29, 1.82) is 0 Å². The van der Waals surface area contributed by atoms with Gasteiger partial charge in [-0.05, 0) is 60.0 Å². The average molecular weight is 487 g/mol. The third-order valence-electron chi connectivity index (χ3n) is 4.80. The molecule has 0 aromatic heterocycles. The zero-order valence-corrected chi connectivity index (χ0v) is 20.0. The van der Waals surface area contributed by atoms with Crippen molar-refractivity contribution in [3.8, 4) is 11.5 Å². The SMILES string of the molecule is COc1ccc(CN(CC(C)C)C(=O)Nc2ccccc2)cc1OS(=O)(=O)c1ccc(F)cc1. The number of hydrogen-bond acceptors (Lipinski definition) is 5. The summed E-state index contributed by atoms with van der Waals surface area (Å²) < 4.78 is 49.2. The summed E-state index contributed by atoms with van der Waals surface area (Å²) in [5.41, 5.74) is 1.32. The fraction of sp³-hybridized carbons (Fsp3) is 0.240. The third-order valence-corrected chi connectivity index (χ3v) is 6.05. The van der Waals surface area contributed by atoms with Crippen LogP contribution >= 0.6 is 0 Å². The maximum Gasteiger partial charge on any atom is 0.339 e. The summed E-state index contributed by atoms with van der Waals surface area (Å²) in [6, 6.07) is 18.0. The molecule has 34 heavy (non-hydrogen) atoms. The number of para-hydroxylation sites is 1. The lowest BCUT2D eigenvalue weighted by molar-refractivity contribution is 0.201. The second-order valence-electron chi connectivity index (χ2n) is 8.05. The summed E-state index contributed by atoms with van der Waals surface area (Å²) in [4.78, 5) is 14.4. The molecule has 0 spiro atoms. The van der Waals surface area contributed by atoms with E-state index in [1.165, 1.54) is 13.2 Å². The highest BCUT2D eigenvalue weighted by Gasteiger charge is 2.21. The molecule has 7 nitrogen and oxygen atoms in total. The lowest BCUT2D eigenvalue weighted by Crippen LogP contribution is -2.37. The molecule has 0 heterocycles. The number of urea groups is 1. The van der Waals surface area contributed by atoms with Crippen LogP contribution in [0.25, 0.3) is 0 Å². The molecule has 0 aliphatic rings. The van der Waals surface area contributed by atoms with Gasteiger partial charge in [0.15, 0.2) is 11.5 Å². The van der Waals surface area contributed by atoms with Crippen LogP contribution in [0.1, 0.15) is 19.4 Å². The molecule has 0 aliphatic heterocycles. The summed E-state index contributed by atoms with van der Waals surface area (Å²) in [5, 5.41) is 2.87. The molecule has 2 amide bonds. The molecule has 0 aliphatic carbocycles. The van der Waals surface area contributed by atoms with Crippen LogP contribution in [0.5, 0.6) is 11.5 Å². The summed E-state index contributed by atoms with van der Waals surface area (Å²) >= 11 is 0. The molecule has 0 unspecified atom stereocenters. The largest absolute Gasteiger partial charge is 0.493 e. The Morgan fingerprint density at radius 1 is 1.00 bits per heavy atom. The van der Waals surface area contributed by atoms with E-state index in [1.54, 1.807) is 29.2 Å². The second-order valence-corrected chi connectivity index (χ2v) is 9.59. The highest BCUT2D eigenvalue weighted by molar-refractivity contribution is 7.87. The summed E-state index contributed by atoms with van der Waals surface area (Å²) in [7, 11) is -2.83. The molecule has 0 radical (unpaired) electrons. The number of carbonyl (C=O) groups excluding carboxylic acids is 1. The van der Waals surface area contributed by atoms with E-state index in [9.17, 15) is 17.6 Å². The fourth-order valence-electron chi connectivity index (χ4n) is 3.26. The van der Waals surface area contributed by atoms with Crippen molar-refractivity contribution in [2.24, 2.45) is 5.92 Å². The van der Waals surface area contributed by atoms with E-state index in [1.807, 2.05) is 32.0 Å². The quantitative estimate of drug-likeness (QED) is 0.415. The molecule has 9 heteroatoms. The highest BCUT2D eigenvalue weighted by atomic mass is 32.2. The minimum absolute atomic E-state index is 0.0303. The van der Waals surface area contributed by atoms with Crippen LogP contribution in [0.4, 0.5) is 14.9 Å². The van der Waals surface area contributed by atoms with Gasteiger partial charge in [0.1, 0.15) is 10.7 Å². The minimum Gasteiger partial charge on any atom is -0.493 e. The first-order valence-electron chi connectivity index (χ1n) is 10.7. The van der Waals surface area contributed by atoms with Crippen molar-refractivity contribution < 1.29 is 26.5 Å². The Balaban J connectivity index is 1.84. The molecule has 3 rings (SSSR count). The van der Waals surface area contributed by atoms with Gasteiger partial charge in [0.2, 0.25) is 0 Å². The van der Waals surface area contributed by atoms with Crippen LogP contribution in [-0.4, -0.2) is 33.0 Å². The highest BCUT2D eigenvalue weighted by Crippen LogP contribution is 2.31. The Morgan fingerprint density at radius 2 is 1.68 bits per heavy atom. The van der Waals surface area contributed by atoms with Crippen molar-refractivity contribution in [1.82, 2.24) is 4.90 Å². The maximum absolute atomic E-state index is 13.2. The van der Waals surface area contributed by atoms with Gasteiger partial charge in [-0.25, -0.2) is 9.18 Å². The molecule has 0 bridgehead atoms. The van der Waals surface area contributed by atoms with E-state index < -0.39 is 15.9 Å². The van der Waals surface area contributed by atoms with Gasteiger partial charge >= 0.3 is 16.1 Å². The van der Waals surface area contributed by atoms with Crippen LogP contribution in [0.15, 0.2) is 77.7 Å². The number of rotatable bonds is 9. The van der Waals surface area contributed by atoms with Crippen LogP contribution < -0.4 is 14.2 Å². The Morgan fingerprint density at radius 3 is 2.29 bits per heavy atom. The van der Waals surface area contributed by atoms with Crippen molar-refractivity contribution in [3.05, 3.63) is 84.2 Å². The first kappa shape index (κ1) is 25.0. The number of anilines is 1. The molecule has 3 aromatic carbocycles. The Kier molecular flexibility index (Phi) is 8.12. The first-order valence-corrected chi connectivity index (χ1v) is 12.1. The van der Waals surface area contributed by atoms with Crippen LogP contribution in [0, 0.1) is 11.7 Å². The first-order chi connectivity index (χ1) is 16.2. The summed E-state index contributed by atoms with van der Waals surface area (Å²) in [6.07, 6.45) is 0. The Labute approximate surface area is 199 Å². The summed E-state index contributed by atoms with van der Waals surface area (Å²) in [5.74, 6) is -0.178. The van der Waals surface area contributed by atoms with Gasteiger partial charge in [0, 0.05) is 18.8 Å². The van der Waals surface area contributed by atoms with Crippen molar-refractivity contribution in [2.45, 2.75) is 25.3 Å². The molecule has 0 saturated carbocycles. The maximum atomic E-state index is 13.2. The molecule has 1 N–H and O–H groups in total. The second kappa shape index (κ2) is 11.0. The topological polar surface area (TPSA) is 84.9 Å². The van der Waals surface area contributed by atoms with E-state index in [-0.39, 0.29) is 34.9 Å². The number of halogens is 1. The predicted octanol–water partition coefficient (Wildman–Crippen LogP) is 5.29. The third kappa shape index (κ3) is 6.71. The molecule has 3 aromatic rings. The van der Waals surface area contributed by atoms with Crippen LogP contribution in [0.2, 0.25) is 0 Å². The Hall–Kier alpha value is -3.59. The average Bonchev–Trinajstić information content (AvgIpc) is 2.79. The normalized spacial score (nSPS) is 11.2. The van der Waals surface area contributed by atoms with Gasteiger partial charge in [-0.3, -0.25) is 0 Å². The number of ether oxygens (including phenoxy) is 1. The predicted molar refractivity (Wildman–Crippen MR) is 128 cm³/mol. The molecular formula is C25H27FN2O5S. The smallest absolute Gasteiger partial charge is 0.339 e. The lowest BCUT2D eigenvalue weighted by Gasteiger charge is -2.25. The molecule has 0 saturated heterocycles. The fourth-order valence-corrected chi connectivity index (χ4v) is 4.19. The van der Waals surface area contributed by atoms with Crippen molar-refractivity contribution in [2.75, 3.05) is 19.0 Å². The van der Waals surface area contributed by atoms with Crippen molar-refractivity contribution >= 4 is 21.8 Å². The van der Waals surface area contributed by atoms with E-state index >= 15 is 0 Å². The minimum atomic E-state index is -4.22. The standard InChI is InChI=1S/C25H27FN2O5S/c1-18(2)16-28(25(29)27-21-7-5-4-6-8-21)17-19-9-14-23(32-3)24(15-19)33-34(30,31)22-12-10-20(26)11-13-22/h4-15,18H,16-17H2,1-3H3,(H,27,29). The number of carbonyl (C=O) groups is 1. The van der Waals surface area contributed by atoms with E-state index in [4.69, 9.17) is 8.92 Å². The van der Waals surface area contributed by atoms with Gasteiger partial charge in [0.25, 0.3) is 0 Å². The van der Waals surface area contributed by atoms with E-state index in [0.717, 1.165) is 24.3 Å². The van der Waals surface area contributed by atoms with Gasteiger partial charge in [-0.15, -0.1) is 0 Å². The molecule has 0 atom stereocenters. The Bertz CT molecular complexity index is 1220. The number of nitrogens with zero attached hydrogens (tertiary/aromatic N) is 1. The van der Waals surface area contributed by atoms with Crippen molar-refractivity contribution in [3.63, 3.8) is 0 Å². The molecule has 180 valence electrons. The van der Waals surface area contributed by atoms with E-state index in [0.29, 0.717) is 17.8 Å². The number of nitrogens with one attached hydrogen (secondary N) is 1. The lowest BCUT2D eigenvalue weighted by atomic mass is 10.1. The monoisotopic (exact) mass is 486 g/mol. The summed E-state index contributed by atoms with van der Waals surface area (Å²) in [6.45, 7) is 4.70. The number of hydrogen-bond donors (Lipinski definition) is 1. The van der Waals surface area contributed by atoms with Gasteiger partial charge in [0.05, 0.1) is 7.11 Å². The number of methoxy groups -OCH3 is 1.